The summed E-state index contributed by atoms with van der Waals surface area (Å²) in [5, 5.41) is 9.20. The largest absolute Gasteiger partial charge is 0.462 e. The van der Waals surface area contributed by atoms with Crippen LogP contribution in [0.2, 0.25) is 0 Å². The highest BCUT2D eigenvalue weighted by Crippen LogP contribution is 2.37. The van der Waals surface area contributed by atoms with Crippen molar-refractivity contribution in [2.24, 2.45) is 0 Å². The monoisotopic (exact) mass is 434 g/mol. The number of fused-ring (bicyclic) bond motifs is 1. The molecular formula is C27H22N4O2. The first kappa shape index (κ1) is 20.6. The van der Waals surface area contributed by atoms with Crippen LogP contribution in [0.25, 0.3) is 39.2 Å². The maximum absolute atomic E-state index is 13.5. The van der Waals surface area contributed by atoms with Crippen LogP contribution in [0.15, 0.2) is 84.9 Å². The maximum atomic E-state index is 13.5. The number of carbonyl (C=O) groups is 1. The van der Waals surface area contributed by atoms with Crippen molar-refractivity contribution >= 4 is 17.0 Å². The molecule has 2 aromatic heterocycles. The summed E-state index contributed by atoms with van der Waals surface area (Å²) >= 11 is 0. The number of aryl methyl sites for hydroxylation is 1. The van der Waals surface area contributed by atoms with Crippen molar-refractivity contribution in [2.45, 2.75) is 13.8 Å². The van der Waals surface area contributed by atoms with Crippen LogP contribution in [0.4, 0.5) is 0 Å². The second kappa shape index (κ2) is 8.67. The Balaban J connectivity index is 1.90. The molecule has 0 N–H and O–H groups in total. The molecule has 0 saturated carbocycles. The molecule has 0 atom stereocenters. The molecule has 0 radical (unpaired) electrons. The first-order valence-electron chi connectivity index (χ1n) is 10.8. The summed E-state index contributed by atoms with van der Waals surface area (Å²) in [5.41, 5.74) is 5.06. The normalized spacial score (nSPS) is 11.0. The van der Waals surface area contributed by atoms with Crippen molar-refractivity contribution in [2.75, 3.05) is 6.61 Å². The van der Waals surface area contributed by atoms with Crippen molar-refractivity contribution in [1.82, 2.24) is 19.7 Å². The first-order valence-corrected chi connectivity index (χ1v) is 10.8. The minimum atomic E-state index is -0.449. The number of hydrogen-bond acceptors (Lipinski definition) is 5. The Morgan fingerprint density at radius 2 is 1.48 bits per heavy atom. The van der Waals surface area contributed by atoms with Crippen molar-refractivity contribution < 1.29 is 9.53 Å². The summed E-state index contributed by atoms with van der Waals surface area (Å²) in [6.07, 6.45) is 0. The topological polar surface area (TPSA) is 69.9 Å². The molecule has 162 valence electrons. The summed E-state index contributed by atoms with van der Waals surface area (Å²) < 4.78 is 7.40. The molecule has 0 unspecified atom stereocenters. The Morgan fingerprint density at radius 3 is 2.18 bits per heavy atom. The molecule has 0 saturated heterocycles. The summed E-state index contributed by atoms with van der Waals surface area (Å²) in [5.74, 6) is 0.663. The van der Waals surface area contributed by atoms with Gasteiger partial charge in [-0.05, 0) is 31.5 Å². The molecule has 6 nitrogen and oxygen atoms in total. The van der Waals surface area contributed by atoms with E-state index in [0.717, 1.165) is 22.2 Å². The van der Waals surface area contributed by atoms with Gasteiger partial charge in [0.05, 0.1) is 17.6 Å². The van der Waals surface area contributed by atoms with E-state index in [1.54, 1.807) is 6.92 Å². The minimum absolute atomic E-state index is 0.249. The Labute approximate surface area is 191 Å². The van der Waals surface area contributed by atoms with E-state index in [1.165, 1.54) is 0 Å². The van der Waals surface area contributed by atoms with Gasteiger partial charge in [-0.1, -0.05) is 72.8 Å². The van der Waals surface area contributed by atoms with E-state index in [-0.39, 0.29) is 6.61 Å². The lowest BCUT2D eigenvalue weighted by atomic mass is 9.95. The van der Waals surface area contributed by atoms with Gasteiger partial charge < -0.3 is 4.74 Å². The quantitative estimate of drug-likeness (QED) is 0.335. The van der Waals surface area contributed by atoms with E-state index in [0.29, 0.717) is 28.5 Å². The molecule has 0 bridgehead atoms. The zero-order valence-electron chi connectivity index (χ0n) is 18.4. The summed E-state index contributed by atoms with van der Waals surface area (Å²) in [6.45, 7) is 3.94. The second-order valence-corrected chi connectivity index (χ2v) is 7.56. The van der Waals surface area contributed by atoms with E-state index in [1.807, 2.05) is 96.4 Å². The zero-order valence-corrected chi connectivity index (χ0v) is 18.4. The number of aromatic nitrogens is 4. The molecule has 0 spiro atoms. The third-order valence-electron chi connectivity index (χ3n) is 5.48. The second-order valence-electron chi connectivity index (χ2n) is 7.56. The maximum Gasteiger partial charge on any atom is 0.342 e. The number of hydrogen-bond donors (Lipinski definition) is 0. The first-order chi connectivity index (χ1) is 16.2. The number of benzene rings is 3. The van der Waals surface area contributed by atoms with Gasteiger partial charge in [-0.3, -0.25) is 4.57 Å². The Bertz CT molecular complexity index is 1440. The fourth-order valence-corrected chi connectivity index (χ4v) is 4.08. The Kier molecular flexibility index (Phi) is 5.40. The van der Waals surface area contributed by atoms with Gasteiger partial charge in [0.15, 0.2) is 5.82 Å². The van der Waals surface area contributed by atoms with Crippen LogP contribution in [0, 0.1) is 6.92 Å². The van der Waals surface area contributed by atoms with Crippen LogP contribution in [0.3, 0.4) is 0 Å². The van der Waals surface area contributed by atoms with Crippen molar-refractivity contribution in [3.8, 4) is 28.2 Å². The van der Waals surface area contributed by atoms with Crippen molar-refractivity contribution in [3.05, 3.63) is 96.3 Å². The number of nitrogens with zero attached hydrogens (tertiary/aromatic N) is 4. The summed E-state index contributed by atoms with van der Waals surface area (Å²) in [6, 6.07) is 27.3. The van der Waals surface area contributed by atoms with Gasteiger partial charge in [0.1, 0.15) is 17.1 Å². The van der Waals surface area contributed by atoms with Crippen LogP contribution in [-0.4, -0.2) is 32.3 Å². The lowest BCUT2D eigenvalue weighted by Crippen LogP contribution is -2.16. The molecule has 0 amide bonds. The fraction of sp³-hybridized carbons (Fsp3) is 0.111. The number of para-hydroxylation sites is 2. The van der Waals surface area contributed by atoms with Gasteiger partial charge >= 0.3 is 5.97 Å². The van der Waals surface area contributed by atoms with Crippen LogP contribution >= 0.6 is 0 Å². The highest BCUT2D eigenvalue weighted by atomic mass is 16.5. The summed E-state index contributed by atoms with van der Waals surface area (Å²) in [7, 11) is 0. The number of esters is 1. The summed E-state index contributed by atoms with van der Waals surface area (Å²) in [4.78, 5) is 18.1. The Morgan fingerprint density at radius 1 is 0.848 bits per heavy atom. The van der Waals surface area contributed by atoms with Crippen LogP contribution < -0.4 is 0 Å². The predicted molar refractivity (Wildman–Crippen MR) is 128 cm³/mol. The predicted octanol–water partition coefficient (Wildman–Crippen LogP) is 5.63. The SMILES string of the molecule is CCOC(=O)c1c(-n2c(C)nc3ccccc32)nnc(-c2ccccc2)c1-c1ccccc1. The molecule has 33 heavy (non-hydrogen) atoms. The van der Waals surface area contributed by atoms with Gasteiger partial charge in [0.25, 0.3) is 0 Å². The third kappa shape index (κ3) is 3.65. The molecule has 5 rings (SSSR count). The molecule has 0 aliphatic carbocycles. The van der Waals surface area contributed by atoms with Crippen LogP contribution in [-0.2, 0) is 4.74 Å². The molecular weight excluding hydrogens is 412 g/mol. The number of imidazole rings is 1. The van der Waals surface area contributed by atoms with Gasteiger partial charge in [-0.2, -0.15) is 0 Å². The van der Waals surface area contributed by atoms with Crippen LogP contribution in [0.1, 0.15) is 23.1 Å². The third-order valence-corrected chi connectivity index (χ3v) is 5.48. The lowest BCUT2D eigenvalue weighted by molar-refractivity contribution is 0.0526. The van der Waals surface area contributed by atoms with Crippen molar-refractivity contribution in [1.29, 1.82) is 0 Å². The molecule has 6 heteroatoms. The molecule has 5 aromatic rings. The van der Waals surface area contributed by atoms with Crippen molar-refractivity contribution in [3.63, 3.8) is 0 Å². The zero-order chi connectivity index (χ0) is 22.8. The van der Waals surface area contributed by atoms with E-state index in [9.17, 15) is 4.79 Å². The van der Waals surface area contributed by atoms with E-state index in [4.69, 9.17) is 4.74 Å². The number of ether oxygens (including phenoxy) is 1. The average Bonchev–Trinajstić information content (AvgIpc) is 3.20. The lowest BCUT2D eigenvalue weighted by Gasteiger charge is -2.18. The number of rotatable bonds is 5. The van der Waals surface area contributed by atoms with Gasteiger partial charge in [0, 0.05) is 11.1 Å². The van der Waals surface area contributed by atoms with Gasteiger partial charge in [-0.15, -0.1) is 10.2 Å². The highest BCUT2D eigenvalue weighted by Gasteiger charge is 2.28. The standard InChI is InChI=1S/C27H22N4O2/c1-3-33-27(32)24-23(19-12-6-4-7-13-19)25(20-14-8-5-9-15-20)29-30-26(24)31-18(2)28-21-16-10-11-17-22(21)31/h4-17H,3H2,1-2H3. The molecule has 3 aromatic carbocycles. The van der Waals surface area contributed by atoms with E-state index >= 15 is 0 Å². The Hall–Kier alpha value is -4.32. The van der Waals surface area contributed by atoms with E-state index < -0.39 is 5.97 Å². The fourth-order valence-electron chi connectivity index (χ4n) is 4.08. The molecule has 0 aliphatic heterocycles. The van der Waals surface area contributed by atoms with Gasteiger partial charge in [-0.25, -0.2) is 9.78 Å². The molecule has 0 aliphatic rings. The number of carbonyl (C=O) groups excluding carboxylic acids is 1. The smallest absolute Gasteiger partial charge is 0.342 e. The average molecular weight is 434 g/mol. The minimum Gasteiger partial charge on any atom is -0.462 e. The van der Waals surface area contributed by atoms with Crippen LogP contribution in [0.5, 0.6) is 0 Å². The molecule has 2 heterocycles. The molecule has 0 fully saturated rings. The highest BCUT2D eigenvalue weighted by molar-refractivity contribution is 6.04. The van der Waals surface area contributed by atoms with Gasteiger partial charge in [0.2, 0.25) is 0 Å². The van der Waals surface area contributed by atoms with E-state index in [2.05, 4.69) is 15.2 Å².